The van der Waals surface area contributed by atoms with Crippen molar-refractivity contribution in [3.05, 3.63) is 12.7 Å². The summed E-state index contributed by atoms with van der Waals surface area (Å²) in [7, 11) is 0. The van der Waals surface area contributed by atoms with Crippen LogP contribution in [-0.2, 0) is 0 Å². The lowest BCUT2D eigenvalue weighted by molar-refractivity contribution is 0.553. The summed E-state index contributed by atoms with van der Waals surface area (Å²) in [6.45, 7) is 5.73. The summed E-state index contributed by atoms with van der Waals surface area (Å²) < 4.78 is 0. The minimum absolute atomic E-state index is 0.253. The number of nitrogens with zero attached hydrogens (tertiary/aromatic N) is 1. The molecule has 0 aliphatic carbocycles. The molecule has 1 nitrogen and oxygen atoms in total. The summed E-state index contributed by atoms with van der Waals surface area (Å²) in [5.41, 5.74) is 0. The lowest BCUT2D eigenvalue weighted by Crippen LogP contribution is -1.94. The Balaban J connectivity index is 3.41. The molecule has 0 aromatic rings. The SMILES string of the molecule is C=CCCC(C#N)CCC. The van der Waals surface area contributed by atoms with Gasteiger partial charge < -0.3 is 0 Å². The van der Waals surface area contributed by atoms with E-state index in [0.717, 1.165) is 25.7 Å². The van der Waals surface area contributed by atoms with Crippen molar-refractivity contribution in [2.24, 2.45) is 5.92 Å². The van der Waals surface area contributed by atoms with Crippen molar-refractivity contribution in [1.82, 2.24) is 0 Å². The third-order valence-corrected chi connectivity index (χ3v) is 1.54. The summed E-state index contributed by atoms with van der Waals surface area (Å²) in [5, 5.41) is 8.60. The highest BCUT2D eigenvalue weighted by atomic mass is 14.3. The Kier molecular flexibility index (Phi) is 5.86. The van der Waals surface area contributed by atoms with Crippen LogP contribution in [0.1, 0.15) is 32.6 Å². The van der Waals surface area contributed by atoms with Crippen molar-refractivity contribution in [3.8, 4) is 6.07 Å². The molecule has 1 unspecified atom stereocenters. The minimum Gasteiger partial charge on any atom is -0.198 e. The van der Waals surface area contributed by atoms with E-state index in [1.54, 1.807) is 0 Å². The van der Waals surface area contributed by atoms with Crippen LogP contribution in [0.15, 0.2) is 12.7 Å². The summed E-state index contributed by atoms with van der Waals surface area (Å²) in [5.74, 6) is 0.253. The molecule has 1 atom stereocenters. The summed E-state index contributed by atoms with van der Waals surface area (Å²) in [6, 6.07) is 2.29. The van der Waals surface area contributed by atoms with Gasteiger partial charge >= 0.3 is 0 Å². The van der Waals surface area contributed by atoms with Gasteiger partial charge in [0, 0.05) is 5.92 Å². The van der Waals surface area contributed by atoms with Gasteiger partial charge in [0.15, 0.2) is 0 Å². The first-order chi connectivity index (χ1) is 4.85. The number of hydrogen-bond acceptors (Lipinski definition) is 1. The van der Waals surface area contributed by atoms with Crippen molar-refractivity contribution in [2.45, 2.75) is 32.6 Å². The predicted molar refractivity (Wildman–Crippen MR) is 43.4 cm³/mol. The molecule has 0 fully saturated rings. The molecular formula is C9H15N. The van der Waals surface area contributed by atoms with Crippen molar-refractivity contribution >= 4 is 0 Å². The van der Waals surface area contributed by atoms with Crippen LogP contribution in [0.4, 0.5) is 0 Å². The van der Waals surface area contributed by atoms with E-state index in [0.29, 0.717) is 0 Å². The Bertz CT molecular complexity index is 121. The Labute approximate surface area is 63.4 Å². The Hall–Kier alpha value is -0.770. The first-order valence-electron chi connectivity index (χ1n) is 3.85. The highest BCUT2D eigenvalue weighted by Crippen LogP contribution is 2.11. The van der Waals surface area contributed by atoms with Gasteiger partial charge in [-0.05, 0) is 19.3 Å². The van der Waals surface area contributed by atoms with E-state index in [9.17, 15) is 0 Å². The topological polar surface area (TPSA) is 23.8 Å². The standard InChI is InChI=1S/C9H15N/c1-3-5-7-9(8-10)6-4-2/h3,9H,1,4-7H2,2H3. The van der Waals surface area contributed by atoms with Crippen LogP contribution >= 0.6 is 0 Å². The maximum Gasteiger partial charge on any atom is 0.0655 e. The fraction of sp³-hybridized carbons (Fsp3) is 0.667. The molecule has 0 aliphatic rings. The Morgan fingerprint density at radius 2 is 2.30 bits per heavy atom. The van der Waals surface area contributed by atoms with Crippen LogP contribution in [-0.4, -0.2) is 0 Å². The van der Waals surface area contributed by atoms with Crippen LogP contribution in [0.5, 0.6) is 0 Å². The average Bonchev–Trinajstić information content (AvgIpc) is 1.98. The number of allylic oxidation sites excluding steroid dienone is 1. The second-order valence-corrected chi connectivity index (χ2v) is 2.48. The van der Waals surface area contributed by atoms with Crippen LogP contribution in [0.3, 0.4) is 0 Å². The second kappa shape index (κ2) is 6.35. The highest BCUT2D eigenvalue weighted by Gasteiger charge is 2.02. The quantitative estimate of drug-likeness (QED) is 0.534. The van der Waals surface area contributed by atoms with E-state index in [-0.39, 0.29) is 5.92 Å². The van der Waals surface area contributed by atoms with Gasteiger partial charge in [-0.1, -0.05) is 19.4 Å². The molecule has 0 spiro atoms. The Morgan fingerprint density at radius 3 is 2.70 bits per heavy atom. The van der Waals surface area contributed by atoms with Crippen LogP contribution in [0.25, 0.3) is 0 Å². The summed E-state index contributed by atoms with van der Waals surface area (Å²) in [6.07, 6.45) is 5.96. The van der Waals surface area contributed by atoms with Gasteiger partial charge in [0.05, 0.1) is 6.07 Å². The van der Waals surface area contributed by atoms with E-state index in [2.05, 4.69) is 19.6 Å². The summed E-state index contributed by atoms with van der Waals surface area (Å²) >= 11 is 0. The van der Waals surface area contributed by atoms with Gasteiger partial charge in [-0.3, -0.25) is 0 Å². The zero-order chi connectivity index (χ0) is 7.82. The highest BCUT2D eigenvalue weighted by molar-refractivity contribution is 4.84. The average molecular weight is 137 g/mol. The van der Waals surface area contributed by atoms with Gasteiger partial charge in [-0.25, -0.2) is 0 Å². The zero-order valence-electron chi connectivity index (χ0n) is 6.64. The normalized spacial score (nSPS) is 12.0. The number of nitriles is 1. The van der Waals surface area contributed by atoms with Crippen molar-refractivity contribution < 1.29 is 0 Å². The molecule has 1 heteroatoms. The largest absolute Gasteiger partial charge is 0.198 e. The third-order valence-electron chi connectivity index (χ3n) is 1.54. The molecule has 0 saturated carbocycles. The zero-order valence-corrected chi connectivity index (χ0v) is 6.64. The van der Waals surface area contributed by atoms with Gasteiger partial charge in [0.2, 0.25) is 0 Å². The first kappa shape index (κ1) is 9.23. The minimum atomic E-state index is 0.253. The van der Waals surface area contributed by atoms with Gasteiger partial charge in [-0.2, -0.15) is 5.26 Å². The van der Waals surface area contributed by atoms with Crippen molar-refractivity contribution in [2.75, 3.05) is 0 Å². The maximum atomic E-state index is 8.60. The molecule has 10 heavy (non-hydrogen) atoms. The fourth-order valence-electron chi connectivity index (χ4n) is 0.941. The van der Waals surface area contributed by atoms with Crippen LogP contribution in [0.2, 0.25) is 0 Å². The molecule has 0 radical (unpaired) electrons. The second-order valence-electron chi connectivity index (χ2n) is 2.48. The van der Waals surface area contributed by atoms with E-state index in [1.165, 1.54) is 0 Å². The molecule has 0 heterocycles. The molecule has 0 bridgehead atoms. The van der Waals surface area contributed by atoms with Crippen molar-refractivity contribution in [3.63, 3.8) is 0 Å². The first-order valence-corrected chi connectivity index (χ1v) is 3.85. The molecule has 0 aromatic carbocycles. The van der Waals surface area contributed by atoms with Crippen LogP contribution < -0.4 is 0 Å². The molecule has 0 N–H and O–H groups in total. The third kappa shape index (κ3) is 4.14. The molecule has 0 aromatic heterocycles. The van der Waals surface area contributed by atoms with Crippen LogP contribution in [0, 0.1) is 17.2 Å². The predicted octanol–water partition coefficient (Wildman–Crippen LogP) is 2.89. The lowest BCUT2D eigenvalue weighted by atomic mass is 10.00. The Morgan fingerprint density at radius 1 is 1.60 bits per heavy atom. The number of hydrogen-bond donors (Lipinski definition) is 0. The maximum absolute atomic E-state index is 8.60. The van der Waals surface area contributed by atoms with E-state index >= 15 is 0 Å². The monoisotopic (exact) mass is 137 g/mol. The fourth-order valence-corrected chi connectivity index (χ4v) is 0.941. The molecule has 0 rings (SSSR count). The van der Waals surface area contributed by atoms with E-state index < -0.39 is 0 Å². The number of rotatable bonds is 5. The molecule has 0 aliphatic heterocycles. The van der Waals surface area contributed by atoms with Crippen molar-refractivity contribution in [1.29, 1.82) is 5.26 Å². The molecule has 56 valence electrons. The smallest absolute Gasteiger partial charge is 0.0655 e. The molecule has 0 amide bonds. The van der Waals surface area contributed by atoms with Gasteiger partial charge in [0.1, 0.15) is 0 Å². The summed E-state index contributed by atoms with van der Waals surface area (Å²) in [4.78, 5) is 0. The lowest BCUT2D eigenvalue weighted by Gasteiger charge is -2.03. The van der Waals surface area contributed by atoms with E-state index in [1.807, 2.05) is 6.08 Å². The van der Waals surface area contributed by atoms with Gasteiger partial charge in [0.25, 0.3) is 0 Å². The molecular weight excluding hydrogens is 122 g/mol. The van der Waals surface area contributed by atoms with E-state index in [4.69, 9.17) is 5.26 Å². The molecule has 0 saturated heterocycles. The van der Waals surface area contributed by atoms with Gasteiger partial charge in [-0.15, -0.1) is 6.58 Å².